The maximum absolute atomic E-state index is 13.7. The second-order valence-corrected chi connectivity index (χ2v) is 16.9. The minimum absolute atomic E-state index is 0.000917. The summed E-state index contributed by atoms with van der Waals surface area (Å²) in [6, 6.07) is 2.28. The molecule has 0 aliphatic rings. The Bertz CT molecular complexity index is 2440. The molecule has 0 saturated carbocycles. The van der Waals surface area contributed by atoms with Gasteiger partial charge in [-0.3, -0.25) is 53.1 Å². The number of aliphatic carboxylic acids is 3. The van der Waals surface area contributed by atoms with Gasteiger partial charge in [-0.25, -0.2) is 14.8 Å². The average molecular weight is 982 g/mol. The molecule has 69 heavy (non-hydrogen) atoms. The zero-order valence-corrected chi connectivity index (χ0v) is 39.0. The van der Waals surface area contributed by atoms with Crippen molar-refractivity contribution in [3.63, 3.8) is 0 Å². The van der Waals surface area contributed by atoms with Gasteiger partial charge in [0.1, 0.15) is 6.04 Å². The summed E-state index contributed by atoms with van der Waals surface area (Å²) in [6.07, 6.45) is -0.390. The van der Waals surface area contributed by atoms with E-state index in [9.17, 15) is 63.3 Å². The fraction of sp³-hybridized carbons (Fsp3) is 0.500. The highest BCUT2D eigenvalue weighted by Crippen LogP contribution is 2.20. The Morgan fingerprint density at radius 3 is 1.96 bits per heavy atom. The highest BCUT2D eigenvalue weighted by atomic mass is 32.1. The first-order valence-electron chi connectivity index (χ1n) is 22.0. The molecule has 25 heteroatoms. The largest absolute Gasteiger partial charge is 0.481 e. The van der Waals surface area contributed by atoms with Crippen LogP contribution in [-0.4, -0.2) is 125 Å². The van der Waals surface area contributed by atoms with E-state index in [-0.39, 0.29) is 85.6 Å². The number of H-pyrrole nitrogens is 1. The molecule has 3 amide bonds. The minimum atomic E-state index is -1.69. The molecule has 3 aromatic rings. The van der Waals surface area contributed by atoms with E-state index in [2.05, 4.69) is 53.5 Å². The molecule has 0 spiro atoms. The quantitative estimate of drug-likeness (QED) is 0.0134. The number of amides is 3. The highest BCUT2D eigenvalue weighted by molar-refractivity contribution is 7.80. The monoisotopic (exact) mass is 981 g/mol. The van der Waals surface area contributed by atoms with Crippen LogP contribution in [0.5, 0.6) is 0 Å². The second-order valence-electron chi connectivity index (χ2n) is 16.5. The number of nitrogens with zero attached hydrogens (tertiary/aromatic N) is 4. The Balaban J connectivity index is 1.63. The number of aromatic amines is 1. The lowest BCUT2D eigenvalue weighted by Crippen LogP contribution is -2.49. The Morgan fingerprint density at radius 2 is 1.38 bits per heavy atom. The fourth-order valence-corrected chi connectivity index (χ4v) is 7.32. The van der Waals surface area contributed by atoms with Crippen molar-refractivity contribution >= 4 is 88.7 Å². The van der Waals surface area contributed by atoms with Crippen LogP contribution in [0, 0.1) is 17.8 Å². The molecule has 2 aromatic heterocycles. The third kappa shape index (κ3) is 19.1. The van der Waals surface area contributed by atoms with Crippen molar-refractivity contribution in [2.75, 3.05) is 18.0 Å². The van der Waals surface area contributed by atoms with Gasteiger partial charge in [-0.1, -0.05) is 38.1 Å². The van der Waals surface area contributed by atoms with Crippen LogP contribution in [-0.2, 0) is 51.2 Å². The molecule has 1 aromatic carbocycles. The van der Waals surface area contributed by atoms with Crippen molar-refractivity contribution in [1.29, 1.82) is 0 Å². The minimum Gasteiger partial charge on any atom is -0.481 e. The molecular formula is C44H59N11O13S. The van der Waals surface area contributed by atoms with Crippen LogP contribution in [0.15, 0.2) is 40.2 Å². The van der Waals surface area contributed by atoms with E-state index in [0.29, 0.717) is 24.1 Å². The maximum Gasteiger partial charge on any atom is 0.327 e. The van der Waals surface area contributed by atoms with Gasteiger partial charge in [-0.2, -0.15) is 17.6 Å². The van der Waals surface area contributed by atoms with E-state index in [4.69, 9.17) is 17.2 Å². The van der Waals surface area contributed by atoms with Crippen molar-refractivity contribution in [3.05, 3.63) is 57.6 Å². The number of carbonyl (C=O) groups is 9. The molecule has 0 aliphatic heterocycles. The van der Waals surface area contributed by atoms with Gasteiger partial charge in [0.25, 0.3) is 5.56 Å². The number of nitrogens with one attached hydrogen (secondary N) is 4. The zero-order valence-electron chi connectivity index (χ0n) is 38.1. The Morgan fingerprint density at radius 1 is 0.783 bits per heavy atom. The molecule has 374 valence electrons. The summed E-state index contributed by atoms with van der Waals surface area (Å²) in [7, 11) is 0. The van der Waals surface area contributed by atoms with E-state index in [1.165, 1.54) is 6.20 Å². The van der Waals surface area contributed by atoms with Crippen LogP contribution in [0.2, 0.25) is 0 Å². The van der Waals surface area contributed by atoms with Gasteiger partial charge in [0.15, 0.2) is 34.5 Å². The van der Waals surface area contributed by atoms with Crippen LogP contribution in [0.3, 0.4) is 0 Å². The first-order valence-corrected chi connectivity index (χ1v) is 22.6. The molecule has 13 N–H and O–H groups in total. The van der Waals surface area contributed by atoms with Gasteiger partial charge in [-0.05, 0) is 50.0 Å². The molecule has 3 rings (SSSR count). The zero-order chi connectivity index (χ0) is 51.4. The first kappa shape index (κ1) is 56.0. The number of fused-ring (bicyclic) bond motifs is 1. The van der Waals surface area contributed by atoms with E-state index in [0.717, 1.165) is 5.56 Å². The van der Waals surface area contributed by atoms with Crippen LogP contribution < -0.4 is 38.7 Å². The Labute approximate surface area is 400 Å². The van der Waals surface area contributed by atoms with Gasteiger partial charge in [0, 0.05) is 55.4 Å². The number of thiol groups is 1. The van der Waals surface area contributed by atoms with E-state index < -0.39 is 108 Å². The number of anilines is 1. The topological polar surface area (TPSA) is 412 Å². The summed E-state index contributed by atoms with van der Waals surface area (Å²) in [4.78, 5) is 146. The number of carboxylic acids is 3. The lowest BCUT2D eigenvalue weighted by molar-refractivity contribution is -0.143. The molecule has 0 aliphatic carbocycles. The molecule has 6 atom stereocenters. The summed E-state index contributed by atoms with van der Waals surface area (Å²) in [5.41, 5.74) is 18.0. The molecule has 0 fully saturated rings. The molecule has 0 radical (unpaired) electrons. The number of nitrogen functional groups attached to an aromatic ring is 1. The fourth-order valence-electron chi connectivity index (χ4n) is 7.07. The Kier molecular flexibility index (Phi) is 22.3. The van der Waals surface area contributed by atoms with Crippen LogP contribution in [0.1, 0.15) is 99.7 Å². The normalized spacial score (nSPS) is 13.7. The smallest absolute Gasteiger partial charge is 0.327 e. The number of Topliss-reactive ketones (excluding diaryl/α,β-unsaturated/α-hetero) is 3. The molecule has 0 bridgehead atoms. The van der Waals surface area contributed by atoms with Crippen molar-refractivity contribution in [3.8, 4) is 0 Å². The third-order valence-corrected chi connectivity index (χ3v) is 11.3. The number of guanidine groups is 1. The summed E-state index contributed by atoms with van der Waals surface area (Å²) >= 11 is 3.90. The summed E-state index contributed by atoms with van der Waals surface area (Å²) in [5.74, 6) is -12.0. The van der Waals surface area contributed by atoms with Crippen LogP contribution in [0.4, 0.5) is 5.95 Å². The first-order chi connectivity index (χ1) is 32.6. The number of aryl methyl sites for hydroxylation is 2. The SMILES string of the molecule is CC[C@H](CC(=O)[C@H](CC(=O)O)NC(=O)[C@H](CCCN=C(N)N)CC(=O)[C@H](CC(=O)O)NC(=O)CC[C@H](C)CC(=O)c1ccc(CCc2cnc3nc(N)[nH]c(=O)c3n2)cc1)C(=O)N[C@@H](CS)C(=O)O. The second kappa shape index (κ2) is 27.5. The number of benzene rings is 1. The molecule has 0 unspecified atom stereocenters. The third-order valence-electron chi connectivity index (χ3n) is 10.9. The van der Waals surface area contributed by atoms with Crippen molar-refractivity contribution < 1.29 is 58.5 Å². The van der Waals surface area contributed by atoms with Gasteiger partial charge >= 0.3 is 17.9 Å². The molecule has 2 heterocycles. The molecule has 24 nitrogen and oxygen atoms in total. The van der Waals surface area contributed by atoms with Gasteiger partial charge in [0.05, 0.1) is 36.8 Å². The van der Waals surface area contributed by atoms with Crippen molar-refractivity contribution in [1.82, 2.24) is 35.9 Å². The Hall–Kier alpha value is -7.31. The number of carbonyl (C=O) groups excluding carboxylic acids is 6. The lowest BCUT2D eigenvalue weighted by atomic mass is 9.90. The molecule has 0 saturated heterocycles. The van der Waals surface area contributed by atoms with Gasteiger partial charge in [0.2, 0.25) is 23.7 Å². The number of hydrogen-bond acceptors (Lipinski definition) is 16. The molecular weight excluding hydrogens is 923 g/mol. The number of nitrogens with two attached hydrogens (primary N) is 3. The summed E-state index contributed by atoms with van der Waals surface area (Å²) < 4.78 is 0. The number of aromatic nitrogens is 4. The number of ketones is 3. The van der Waals surface area contributed by atoms with Crippen LogP contribution >= 0.6 is 12.6 Å². The summed E-state index contributed by atoms with van der Waals surface area (Å²) in [5, 5.41) is 35.6. The number of carboxylic acid groups (broad SMARTS) is 3. The number of aliphatic imine (C=N–C) groups is 1. The predicted octanol–water partition coefficient (Wildman–Crippen LogP) is 0.102. The predicted molar refractivity (Wildman–Crippen MR) is 252 cm³/mol. The van der Waals surface area contributed by atoms with E-state index in [1.54, 1.807) is 38.1 Å². The standard InChI is InChI=1S/C44H59N11O13S/c1-3-24(39(64)53-30(21-69)42(67)68)16-32(57)29(19-36(62)63)52-40(65)26(5-4-14-48-43(45)46)17-33(58)28(18-35(60)61)51-34(59)13-6-22(2)15-31(56)25-10-7-23(8-11-25)9-12-27-20-49-38-37(50-27)41(66)55-44(47)54-38/h7-8,10-11,20,22,24,26,28-30,69H,3-6,9,12-19,21H2,1-2H3,(H,51,59)(H,52,65)(H,53,64)(H,60,61)(H,62,63)(H,67,68)(H4,45,46,48)(H3,47,49,54,55,66)/t22-,24+,26+,28-,29-,30-/m0/s1. The highest BCUT2D eigenvalue weighted by Gasteiger charge is 2.34. The van der Waals surface area contributed by atoms with Gasteiger partial charge < -0.3 is 48.5 Å². The van der Waals surface area contributed by atoms with E-state index >= 15 is 0 Å². The maximum atomic E-state index is 13.7. The number of rotatable bonds is 31. The van der Waals surface area contributed by atoms with E-state index in [1.807, 2.05) is 0 Å². The number of hydrogen-bond donors (Lipinski definition) is 11. The lowest BCUT2D eigenvalue weighted by Gasteiger charge is -2.24. The average Bonchev–Trinajstić information content (AvgIpc) is 3.28. The van der Waals surface area contributed by atoms with Crippen LogP contribution in [0.25, 0.3) is 11.2 Å². The van der Waals surface area contributed by atoms with Crippen molar-refractivity contribution in [2.45, 2.75) is 109 Å². The summed E-state index contributed by atoms with van der Waals surface area (Å²) in [6.45, 7) is 3.30. The van der Waals surface area contributed by atoms with Crippen molar-refractivity contribution in [2.24, 2.45) is 34.2 Å². The van der Waals surface area contributed by atoms with Gasteiger partial charge in [-0.15, -0.1) is 0 Å².